The molecule has 0 aromatic heterocycles. The van der Waals surface area contributed by atoms with Crippen LogP contribution in [0.5, 0.6) is 0 Å². The molecule has 26 heavy (non-hydrogen) atoms. The molecule has 0 unspecified atom stereocenters. The molecule has 0 radical (unpaired) electrons. The number of carbonyl (C=O) groups is 1. The molecule has 134 valence electrons. The first-order valence-electron chi connectivity index (χ1n) is 8.52. The Morgan fingerprint density at radius 3 is 2.54 bits per heavy atom. The van der Waals surface area contributed by atoms with E-state index in [0.29, 0.717) is 21.5 Å². The number of benzene rings is 1. The fourth-order valence-corrected chi connectivity index (χ4v) is 3.74. The van der Waals surface area contributed by atoms with E-state index in [1.807, 2.05) is 48.6 Å². The third kappa shape index (κ3) is 3.23. The number of aliphatic carboxylic acids is 1. The van der Waals surface area contributed by atoms with Gasteiger partial charge in [0.05, 0.1) is 24.7 Å². The highest BCUT2D eigenvalue weighted by molar-refractivity contribution is 6.37. The van der Waals surface area contributed by atoms with Gasteiger partial charge in [-0.1, -0.05) is 48.5 Å². The highest BCUT2D eigenvalue weighted by atomic mass is 16.4. The molecule has 1 fully saturated rings. The Labute approximate surface area is 152 Å². The summed E-state index contributed by atoms with van der Waals surface area (Å²) in [6, 6.07) is 9.21. The maximum absolute atomic E-state index is 11.4. The molecule has 0 bridgehead atoms. The first-order chi connectivity index (χ1) is 12.5. The summed E-state index contributed by atoms with van der Waals surface area (Å²) in [7, 11) is 0. The molecular formula is C20H22N3O3+. The molecule has 1 aromatic carbocycles. The molecule has 1 aromatic rings. The second kappa shape index (κ2) is 7.09. The Morgan fingerprint density at radius 2 is 1.96 bits per heavy atom. The third-order valence-corrected chi connectivity index (χ3v) is 4.88. The van der Waals surface area contributed by atoms with Crippen molar-refractivity contribution in [2.75, 3.05) is 13.1 Å². The van der Waals surface area contributed by atoms with Crippen LogP contribution in [0.1, 0.15) is 18.9 Å². The maximum atomic E-state index is 11.4. The molecule has 2 aliphatic heterocycles. The predicted molar refractivity (Wildman–Crippen MR) is 99.2 cm³/mol. The second-order valence-electron chi connectivity index (χ2n) is 6.84. The van der Waals surface area contributed by atoms with E-state index in [-0.39, 0.29) is 17.8 Å². The maximum Gasteiger partial charge on any atom is 0.354 e. The van der Waals surface area contributed by atoms with E-state index in [0.717, 1.165) is 18.8 Å². The Bertz CT molecular complexity index is 844. The number of nitrogens with zero attached hydrogens (tertiary/aromatic N) is 2. The van der Waals surface area contributed by atoms with Crippen LogP contribution in [0.25, 0.3) is 0 Å². The van der Waals surface area contributed by atoms with E-state index in [1.165, 1.54) is 0 Å². The molecule has 0 amide bonds. The van der Waals surface area contributed by atoms with Crippen LogP contribution in [0.15, 0.2) is 71.2 Å². The van der Waals surface area contributed by atoms with Crippen molar-refractivity contribution in [3.63, 3.8) is 0 Å². The number of nitrogens with one attached hydrogen (secondary N) is 1. The van der Waals surface area contributed by atoms with E-state index < -0.39 is 5.97 Å². The summed E-state index contributed by atoms with van der Waals surface area (Å²) in [4.78, 5) is 11.4. The number of oxime groups is 1. The van der Waals surface area contributed by atoms with Crippen LogP contribution in [0, 0.1) is 11.3 Å². The average molecular weight is 352 g/mol. The topological polar surface area (TPSA) is 93.7 Å². The Kier molecular flexibility index (Phi) is 4.86. The van der Waals surface area contributed by atoms with Crippen molar-refractivity contribution < 1.29 is 19.6 Å². The van der Waals surface area contributed by atoms with Gasteiger partial charge in [0.25, 0.3) is 0 Å². The number of carboxylic acid groups (broad SMARTS) is 1. The van der Waals surface area contributed by atoms with E-state index in [1.54, 1.807) is 0 Å². The number of hydrogen-bond acceptors (Lipinski definition) is 4. The van der Waals surface area contributed by atoms with Crippen molar-refractivity contribution in [1.29, 1.82) is 5.41 Å². The summed E-state index contributed by atoms with van der Waals surface area (Å²) in [5, 5.41) is 30.1. The Hall–Kier alpha value is -2.99. The average Bonchev–Trinajstić information content (AvgIpc) is 2.62. The smallest absolute Gasteiger partial charge is 0.354 e. The standard InChI is InChI=1S/C20H21N3O3/c1-14-12-23(13-14)10-6-5-9-18(23)16(11-17(22-26)20(24)25)19(21)15-7-3-2-4-8-15/h2-10,14,21H,11-13H2,1H3,(H-,24,25,26)/p+1/b18-16-,21-19?,22-17-. The molecule has 0 aliphatic carbocycles. The largest absolute Gasteiger partial charge is 0.477 e. The lowest BCUT2D eigenvalue weighted by molar-refractivity contribution is -0.890. The van der Waals surface area contributed by atoms with Crippen LogP contribution < -0.4 is 0 Å². The number of quaternary nitrogens is 1. The van der Waals surface area contributed by atoms with Gasteiger partial charge in [-0.15, -0.1) is 0 Å². The molecule has 0 saturated carbocycles. The number of rotatable bonds is 5. The lowest BCUT2D eigenvalue weighted by atomic mass is 9.89. The molecule has 1 saturated heterocycles. The van der Waals surface area contributed by atoms with E-state index >= 15 is 0 Å². The molecule has 2 aliphatic rings. The van der Waals surface area contributed by atoms with Gasteiger partial charge in [-0.25, -0.2) is 4.79 Å². The summed E-state index contributed by atoms with van der Waals surface area (Å²) >= 11 is 0. The van der Waals surface area contributed by atoms with Gasteiger partial charge in [-0.05, 0) is 11.6 Å². The van der Waals surface area contributed by atoms with Gasteiger partial charge >= 0.3 is 5.97 Å². The van der Waals surface area contributed by atoms with E-state index in [2.05, 4.69) is 18.3 Å². The predicted octanol–water partition coefficient (Wildman–Crippen LogP) is 3.16. The molecule has 3 N–H and O–H groups in total. The van der Waals surface area contributed by atoms with Crippen LogP contribution in [-0.4, -0.2) is 45.3 Å². The van der Waals surface area contributed by atoms with Crippen molar-refractivity contribution in [3.05, 3.63) is 71.6 Å². The van der Waals surface area contributed by atoms with Gasteiger partial charge in [-0.3, -0.25) is 9.89 Å². The van der Waals surface area contributed by atoms with Crippen LogP contribution in [-0.2, 0) is 4.79 Å². The van der Waals surface area contributed by atoms with Crippen LogP contribution in [0.2, 0.25) is 0 Å². The van der Waals surface area contributed by atoms with Gasteiger partial charge in [0.2, 0.25) is 0 Å². The fraction of sp³-hybridized carbons (Fsp3) is 0.250. The summed E-state index contributed by atoms with van der Waals surface area (Å²) in [5.41, 5.74) is 2.04. The molecule has 6 nitrogen and oxygen atoms in total. The molecule has 2 heterocycles. The molecular weight excluding hydrogens is 330 g/mol. The lowest BCUT2D eigenvalue weighted by Gasteiger charge is -2.48. The molecule has 3 rings (SSSR count). The zero-order valence-electron chi connectivity index (χ0n) is 14.6. The molecule has 0 atom stereocenters. The fourth-order valence-electron chi connectivity index (χ4n) is 3.74. The summed E-state index contributed by atoms with van der Waals surface area (Å²) in [6.07, 6.45) is 7.80. The minimum atomic E-state index is -1.29. The summed E-state index contributed by atoms with van der Waals surface area (Å²) in [6.45, 7) is 3.98. The van der Waals surface area contributed by atoms with Crippen LogP contribution >= 0.6 is 0 Å². The Morgan fingerprint density at radius 1 is 1.27 bits per heavy atom. The van der Waals surface area contributed by atoms with Crippen LogP contribution in [0.4, 0.5) is 0 Å². The SMILES string of the molecule is CC1C[N+]2(C=CC=C/C2=C(\C/C(=N/O)C(=O)O)C(=N)c2ccccc2)C1. The van der Waals surface area contributed by atoms with Crippen molar-refractivity contribution >= 4 is 17.4 Å². The zero-order chi connectivity index (χ0) is 18.7. The molecule has 6 heteroatoms. The van der Waals surface area contributed by atoms with Gasteiger partial charge in [-0.2, -0.15) is 0 Å². The molecule has 1 spiro atoms. The van der Waals surface area contributed by atoms with Gasteiger partial charge < -0.3 is 10.3 Å². The third-order valence-electron chi connectivity index (χ3n) is 4.88. The van der Waals surface area contributed by atoms with Gasteiger partial charge in [0.1, 0.15) is 11.9 Å². The monoisotopic (exact) mass is 352 g/mol. The zero-order valence-corrected chi connectivity index (χ0v) is 14.6. The van der Waals surface area contributed by atoms with Crippen molar-refractivity contribution in [2.45, 2.75) is 13.3 Å². The first-order valence-corrected chi connectivity index (χ1v) is 8.52. The second-order valence-corrected chi connectivity index (χ2v) is 6.84. The summed E-state index contributed by atoms with van der Waals surface area (Å²) < 4.78 is 0.598. The van der Waals surface area contributed by atoms with Gasteiger partial charge in [0, 0.05) is 18.1 Å². The highest BCUT2D eigenvalue weighted by Crippen LogP contribution is 2.38. The summed E-state index contributed by atoms with van der Waals surface area (Å²) in [5.74, 6) is -0.732. The number of carboxylic acids is 1. The van der Waals surface area contributed by atoms with Crippen molar-refractivity contribution in [3.8, 4) is 0 Å². The number of allylic oxidation sites excluding steroid dienone is 4. The minimum Gasteiger partial charge on any atom is -0.477 e. The first kappa shape index (κ1) is 17.8. The van der Waals surface area contributed by atoms with E-state index in [9.17, 15) is 9.90 Å². The lowest BCUT2D eigenvalue weighted by Crippen LogP contribution is -2.58. The van der Waals surface area contributed by atoms with E-state index in [4.69, 9.17) is 10.6 Å². The highest BCUT2D eigenvalue weighted by Gasteiger charge is 2.45. The van der Waals surface area contributed by atoms with Crippen molar-refractivity contribution in [1.82, 2.24) is 0 Å². The Balaban J connectivity index is 2.11. The minimum absolute atomic E-state index is 0.110. The quantitative estimate of drug-likeness (QED) is 0.329. The van der Waals surface area contributed by atoms with Crippen LogP contribution in [0.3, 0.4) is 0 Å². The van der Waals surface area contributed by atoms with Gasteiger partial charge in [0.15, 0.2) is 5.71 Å². The number of hydrogen-bond donors (Lipinski definition) is 3. The normalized spacial score (nSPS) is 26.5. The van der Waals surface area contributed by atoms with Crippen molar-refractivity contribution in [2.24, 2.45) is 11.1 Å².